The first-order valence-electron chi connectivity index (χ1n) is 4.00. The fraction of sp³-hybridized carbons (Fsp3) is 0.444. The van der Waals surface area contributed by atoms with Crippen LogP contribution in [0.1, 0.15) is 37.6 Å². The Kier molecular flexibility index (Phi) is 2.76. The van der Waals surface area contributed by atoms with E-state index in [1.165, 1.54) is 6.33 Å². The number of nitriles is 1. The van der Waals surface area contributed by atoms with Gasteiger partial charge in [-0.05, 0) is 18.4 Å². The Morgan fingerprint density at radius 1 is 1.58 bits per heavy atom. The highest BCUT2D eigenvalue weighted by molar-refractivity contribution is 5.22. The molecule has 1 heterocycles. The van der Waals surface area contributed by atoms with Gasteiger partial charge in [0.1, 0.15) is 18.1 Å². The molecule has 0 saturated heterocycles. The van der Waals surface area contributed by atoms with Gasteiger partial charge in [0.05, 0.1) is 0 Å². The summed E-state index contributed by atoms with van der Waals surface area (Å²) < 4.78 is 0. The van der Waals surface area contributed by atoms with Crippen LogP contribution in [0.5, 0.6) is 0 Å². The van der Waals surface area contributed by atoms with E-state index in [0.717, 1.165) is 12.1 Å². The molecule has 0 amide bonds. The van der Waals surface area contributed by atoms with Crippen LogP contribution in [-0.4, -0.2) is 9.97 Å². The van der Waals surface area contributed by atoms with Gasteiger partial charge in [0.25, 0.3) is 0 Å². The predicted octanol–water partition coefficient (Wildman–Crippen LogP) is 1.86. The Bertz CT molecular complexity index is 301. The zero-order valence-electron chi connectivity index (χ0n) is 7.28. The van der Waals surface area contributed by atoms with Gasteiger partial charge < -0.3 is 0 Å². The van der Waals surface area contributed by atoms with E-state index in [2.05, 4.69) is 23.8 Å². The molecule has 0 aliphatic rings. The van der Waals surface area contributed by atoms with Gasteiger partial charge in [-0.25, -0.2) is 9.97 Å². The van der Waals surface area contributed by atoms with Crippen LogP contribution in [0.2, 0.25) is 0 Å². The van der Waals surface area contributed by atoms with E-state index in [-0.39, 0.29) is 0 Å². The second-order valence-electron chi connectivity index (χ2n) is 2.75. The average molecular weight is 161 g/mol. The summed E-state index contributed by atoms with van der Waals surface area (Å²) in [6.07, 6.45) is 2.47. The average Bonchev–Trinajstić information content (AvgIpc) is 2.17. The van der Waals surface area contributed by atoms with Gasteiger partial charge in [-0.15, -0.1) is 0 Å². The van der Waals surface area contributed by atoms with Gasteiger partial charge in [0.2, 0.25) is 0 Å². The molecule has 0 unspecified atom stereocenters. The lowest BCUT2D eigenvalue weighted by Crippen LogP contribution is -1.97. The molecule has 0 bridgehead atoms. The van der Waals surface area contributed by atoms with Crippen LogP contribution < -0.4 is 0 Å². The summed E-state index contributed by atoms with van der Waals surface area (Å²) in [6.45, 7) is 4.18. The van der Waals surface area contributed by atoms with E-state index >= 15 is 0 Å². The van der Waals surface area contributed by atoms with Crippen molar-refractivity contribution in [2.45, 2.75) is 26.2 Å². The van der Waals surface area contributed by atoms with E-state index in [4.69, 9.17) is 5.26 Å². The molecule has 0 aromatic carbocycles. The van der Waals surface area contributed by atoms with Crippen molar-refractivity contribution in [3.63, 3.8) is 0 Å². The molecular formula is C9H11N3. The highest BCUT2D eigenvalue weighted by Crippen LogP contribution is 2.15. The number of aromatic nitrogens is 2. The highest BCUT2D eigenvalue weighted by Gasteiger charge is 2.04. The molecule has 0 aliphatic heterocycles. The highest BCUT2D eigenvalue weighted by atomic mass is 14.8. The Morgan fingerprint density at radius 2 is 2.33 bits per heavy atom. The fourth-order valence-electron chi connectivity index (χ4n) is 0.912. The third-order valence-electron chi connectivity index (χ3n) is 1.92. The summed E-state index contributed by atoms with van der Waals surface area (Å²) in [5.74, 6) is 0.403. The smallest absolute Gasteiger partial charge is 0.144 e. The van der Waals surface area contributed by atoms with Gasteiger partial charge >= 0.3 is 0 Å². The van der Waals surface area contributed by atoms with E-state index in [0.29, 0.717) is 11.6 Å². The maximum atomic E-state index is 8.58. The minimum atomic E-state index is 0.403. The molecule has 0 fully saturated rings. The van der Waals surface area contributed by atoms with Crippen LogP contribution in [0.3, 0.4) is 0 Å². The molecular weight excluding hydrogens is 150 g/mol. The monoisotopic (exact) mass is 161 g/mol. The maximum Gasteiger partial charge on any atom is 0.144 e. The van der Waals surface area contributed by atoms with Crippen molar-refractivity contribution in [1.29, 1.82) is 5.26 Å². The Labute approximate surface area is 72.1 Å². The summed E-state index contributed by atoms with van der Waals surface area (Å²) >= 11 is 0. The number of rotatable bonds is 2. The lowest BCUT2D eigenvalue weighted by molar-refractivity contribution is 0.703. The quantitative estimate of drug-likeness (QED) is 0.665. The standard InChI is InChI=1S/C9H11N3/c1-3-7(2)9-4-8(5-10)11-6-12-9/h4,6-7H,3H2,1-2H3/t7-/m1/s1. The molecule has 1 rings (SSSR count). The van der Waals surface area contributed by atoms with Crippen molar-refractivity contribution in [2.75, 3.05) is 0 Å². The predicted molar refractivity (Wildman–Crippen MR) is 45.5 cm³/mol. The maximum absolute atomic E-state index is 8.58. The van der Waals surface area contributed by atoms with E-state index < -0.39 is 0 Å². The van der Waals surface area contributed by atoms with Crippen molar-refractivity contribution in [2.24, 2.45) is 0 Å². The lowest BCUT2D eigenvalue weighted by atomic mass is 10.0. The van der Waals surface area contributed by atoms with Crippen molar-refractivity contribution < 1.29 is 0 Å². The van der Waals surface area contributed by atoms with E-state index in [9.17, 15) is 0 Å². The molecule has 0 radical (unpaired) electrons. The number of hydrogen-bond donors (Lipinski definition) is 0. The number of nitrogens with zero attached hydrogens (tertiary/aromatic N) is 3. The van der Waals surface area contributed by atoms with Gasteiger partial charge in [-0.2, -0.15) is 5.26 Å². The van der Waals surface area contributed by atoms with Crippen LogP contribution in [-0.2, 0) is 0 Å². The van der Waals surface area contributed by atoms with Crippen LogP contribution in [0.4, 0.5) is 0 Å². The Hall–Kier alpha value is -1.43. The Balaban J connectivity index is 2.95. The first-order chi connectivity index (χ1) is 5.77. The largest absolute Gasteiger partial charge is 0.241 e. The van der Waals surface area contributed by atoms with Gasteiger partial charge in [-0.3, -0.25) is 0 Å². The zero-order valence-corrected chi connectivity index (χ0v) is 7.28. The SMILES string of the molecule is CC[C@@H](C)c1cc(C#N)ncn1. The van der Waals surface area contributed by atoms with E-state index in [1.807, 2.05) is 6.07 Å². The Morgan fingerprint density at radius 3 is 2.92 bits per heavy atom. The topological polar surface area (TPSA) is 49.6 Å². The van der Waals surface area contributed by atoms with Crippen LogP contribution in [0.25, 0.3) is 0 Å². The van der Waals surface area contributed by atoms with Crippen LogP contribution in [0.15, 0.2) is 12.4 Å². The van der Waals surface area contributed by atoms with Gasteiger partial charge in [0.15, 0.2) is 0 Å². The lowest BCUT2D eigenvalue weighted by Gasteiger charge is -2.05. The van der Waals surface area contributed by atoms with E-state index in [1.54, 1.807) is 6.07 Å². The summed E-state index contributed by atoms with van der Waals surface area (Å²) in [6, 6.07) is 3.74. The minimum absolute atomic E-state index is 0.403. The normalized spacial score (nSPS) is 12.1. The first kappa shape index (κ1) is 8.66. The van der Waals surface area contributed by atoms with Crippen molar-refractivity contribution in [3.05, 3.63) is 23.8 Å². The zero-order chi connectivity index (χ0) is 8.97. The van der Waals surface area contributed by atoms with Crippen LogP contribution >= 0.6 is 0 Å². The number of hydrogen-bond acceptors (Lipinski definition) is 3. The molecule has 1 aromatic rings. The van der Waals surface area contributed by atoms with Gasteiger partial charge in [0, 0.05) is 5.69 Å². The molecule has 0 saturated carbocycles. The molecule has 0 N–H and O–H groups in total. The second-order valence-corrected chi connectivity index (χ2v) is 2.75. The molecule has 0 aliphatic carbocycles. The van der Waals surface area contributed by atoms with Crippen molar-refractivity contribution in [1.82, 2.24) is 9.97 Å². The minimum Gasteiger partial charge on any atom is -0.241 e. The molecule has 3 nitrogen and oxygen atoms in total. The fourth-order valence-corrected chi connectivity index (χ4v) is 0.912. The molecule has 62 valence electrons. The van der Waals surface area contributed by atoms with Crippen molar-refractivity contribution in [3.8, 4) is 6.07 Å². The molecule has 1 aromatic heterocycles. The molecule has 3 heteroatoms. The molecule has 0 spiro atoms. The first-order valence-corrected chi connectivity index (χ1v) is 4.00. The van der Waals surface area contributed by atoms with Crippen molar-refractivity contribution >= 4 is 0 Å². The second kappa shape index (κ2) is 3.82. The third kappa shape index (κ3) is 1.79. The third-order valence-corrected chi connectivity index (χ3v) is 1.92. The molecule has 1 atom stereocenters. The summed E-state index contributed by atoms with van der Waals surface area (Å²) in [4.78, 5) is 7.90. The molecule has 12 heavy (non-hydrogen) atoms. The van der Waals surface area contributed by atoms with Gasteiger partial charge in [-0.1, -0.05) is 13.8 Å². The van der Waals surface area contributed by atoms with Crippen LogP contribution in [0, 0.1) is 11.3 Å². The summed E-state index contributed by atoms with van der Waals surface area (Å²) in [7, 11) is 0. The summed E-state index contributed by atoms with van der Waals surface area (Å²) in [5.41, 5.74) is 1.39. The summed E-state index contributed by atoms with van der Waals surface area (Å²) in [5, 5.41) is 8.58.